The smallest absolute Gasteiger partial charge is 0.250 e. The summed E-state index contributed by atoms with van der Waals surface area (Å²) in [6.45, 7) is 4.64. The van der Waals surface area contributed by atoms with Crippen molar-refractivity contribution in [2.75, 3.05) is 33.0 Å². The van der Waals surface area contributed by atoms with Gasteiger partial charge in [0.25, 0.3) is 5.91 Å². The SMILES string of the molecule is O=C(N1CCC1)C1(n2cccn2)CCN(Cc2ccc3c(c2)OCO3)CC1. The van der Waals surface area contributed by atoms with Gasteiger partial charge in [0.2, 0.25) is 6.79 Å². The second-order valence-corrected chi connectivity index (χ2v) is 7.59. The van der Waals surface area contributed by atoms with E-state index in [-0.39, 0.29) is 5.91 Å². The first-order chi connectivity index (χ1) is 13.2. The molecule has 0 bridgehead atoms. The van der Waals surface area contributed by atoms with E-state index < -0.39 is 5.54 Å². The number of amides is 1. The lowest BCUT2D eigenvalue weighted by Crippen LogP contribution is -2.59. The normalized spacial score (nSPS) is 21.1. The molecule has 0 unspecified atom stereocenters. The van der Waals surface area contributed by atoms with Gasteiger partial charge in [0.1, 0.15) is 5.54 Å². The van der Waals surface area contributed by atoms with Crippen LogP contribution in [0.2, 0.25) is 0 Å². The van der Waals surface area contributed by atoms with E-state index in [1.54, 1.807) is 6.20 Å². The number of nitrogens with zero attached hydrogens (tertiary/aromatic N) is 4. The zero-order valence-corrected chi connectivity index (χ0v) is 15.3. The second kappa shape index (κ2) is 6.56. The van der Waals surface area contributed by atoms with Crippen molar-refractivity contribution in [2.45, 2.75) is 31.3 Å². The molecular formula is C20H24N4O3. The van der Waals surface area contributed by atoms with Crippen LogP contribution in [0, 0.1) is 0 Å². The number of aromatic nitrogens is 2. The van der Waals surface area contributed by atoms with Crippen molar-refractivity contribution < 1.29 is 14.3 Å². The number of likely N-dealkylation sites (tertiary alicyclic amines) is 2. The van der Waals surface area contributed by atoms with E-state index in [0.29, 0.717) is 6.79 Å². The molecule has 27 heavy (non-hydrogen) atoms. The molecule has 3 aliphatic rings. The topological polar surface area (TPSA) is 59.8 Å². The Kier molecular flexibility index (Phi) is 4.04. The minimum Gasteiger partial charge on any atom is -0.454 e. The summed E-state index contributed by atoms with van der Waals surface area (Å²) in [6.07, 6.45) is 6.38. The Morgan fingerprint density at radius 3 is 2.63 bits per heavy atom. The van der Waals surface area contributed by atoms with Crippen LogP contribution in [-0.4, -0.2) is 58.5 Å². The van der Waals surface area contributed by atoms with E-state index in [0.717, 1.165) is 63.5 Å². The molecule has 1 aromatic carbocycles. The lowest BCUT2D eigenvalue weighted by atomic mass is 9.85. The van der Waals surface area contributed by atoms with Gasteiger partial charge >= 0.3 is 0 Å². The van der Waals surface area contributed by atoms with Crippen LogP contribution < -0.4 is 9.47 Å². The van der Waals surface area contributed by atoms with Crippen LogP contribution in [0.15, 0.2) is 36.7 Å². The minimum absolute atomic E-state index is 0.236. The molecule has 0 radical (unpaired) electrons. The van der Waals surface area contributed by atoms with E-state index in [1.165, 1.54) is 5.56 Å². The maximum atomic E-state index is 13.2. The summed E-state index contributed by atoms with van der Waals surface area (Å²) in [5.41, 5.74) is 0.676. The number of carbonyl (C=O) groups is 1. The lowest BCUT2D eigenvalue weighted by Gasteiger charge is -2.45. The van der Waals surface area contributed by atoms with Gasteiger partial charge < -0.3 is 14.4 Å². The molecule has 0 N–H and O–H groups in total. The second-order valence-electron chi connectivity index (χ2n) is 7.59. The Hall–Kier alpha value is -2.54. The van der Waals surface area contributed by atoms with Crippen LogP contribution >= 0.6 is 0 Å². The summed E-state index contributed by atoms with van der Waals surface area (Å²) in [7, 11) is 0. The molecule has 1 amide bonds. The number of hydrogen-bond acceptors (Lipinski definition) is 5. The van der Waals surface area contributed by atoms with Crippen molar-refractivity contribution in [3.63, 3.8) is 0 Å². The highest BCUT2D eigenvalue weighted by Crippen LogP contribution is 2.35. The summed E-state index contributed by atoms with van der Waals surface area (Å²) >= 11 is 0. The Bertz CT molecular complexity index is 824. The van der Waals surface area contributed by atoms with Gasteiger partial charge in [0.15, 0.2) is 11.5 Å². The Balaban J connectivity index is 1.30. The van der Waals surface area contributed by atoms with E-state index in [9.17, 15) is 4.79 Å². The molecule has 5 rings (SSSR count). The van der Waals surface area contributed by atoms with Crippen molar-refractivity contribution in [3.05, 3.63) is 42.2 Å². The van der Waals surface area contributed by atoms with Crippen molar-refractivity contribution in [3.8, 4) is 11.5 Å². The molecule has 1 aromatic heterocycles. The zero-order valence-electron chi connectivity index (χ0n) is 15.3. The van der Waals surface area contributed by atoms with Gasteiger partial charge in [0, 0.05) is 45.1 Å². The van der Waals surface area contributed by atoms with Crippen molar-refractivity contribution in [1.29, 1.82) is 0 Å². The fraction of sp³-hybridized carbons (Fsp3) is 0.500. The van der Waals surface area contributed by atoms with Crippen LogP contribution in [0.3, 0.4) is 0 Å². The Morgan fingerprint density at radius 2 is 1.93 bits per heavy atom. The molecule has 142 valence electrons. The van der Waals surface area contributed by atoms with Gasteiger partial charge in [0.05, 0.1) is 0 Å². The number of ether oxygens (including phenoxy) is 2. The zero-order chi connectivity index (χ0) is 18.3. The molecule has 2 fully saturated rings. The summed E-state index contributed by atoms with van der Waals surface area (Å²) in [5, 5.41) is 4.44. The maximum Gasteiger partial charge on any atom is 0.250 e. The third-order valence-corrected chi connectivity index (χ3v) is 6.01. The molecule has 7 nitrogen and oxygen atoms in total. The first-order valence-corrected chi connectivity index (χ1v) is 9.65. The highest BCUT2D eigenvalue weighted by Gasteiger charge is 2.46. The number of carbonyl (C=O) groups excluding carboxylic acids is 1. The molecule has 0 atom stereocenters. The molecule has 0 spiro atoms. The third-order valence-electron chi connectivity index (χ3n) is 6.01. The standard InChI is InChI=1S/C20H24N4O3/c25-19(23-8-2-9-23)20(24-10-1-7-21-24)5-11-22(12-6-20)14-16-3-4-17-18(13-16)27-15-26-17/h1,3-4,7,10,13H,2,5-6,8-9,11-12,14-15H2. The van der Waals surface area contributed by atoms with Gasteiger partial charge in [-0.1, -0.05) is 6.07 Å². The molecule has 0 aliphatic carbocycles. The molecule has 2 saturated heterocycles. The monoisotopic (exact) mass is 368 g/mol. The van der Waals surface area contributed by atoms with E-state index in [4.69, 9.17) is 9.47 Å². The van der Waals surface area contributed by atoms with E-state index in [2.05, 4.69) is 22.1 Å². The number of piperidine rings is 1. The van der Waals surface area contributed by atoms with E-state index in [1.807, 2.05) is 27.9 Å². The lowest BCUT2D eigenvalue weighted by molar-refractivity contribution is -0.148. The van der Waals surface area contributed by atoms with Crippen molar-refractivity contribution in [2.24, 2.45) is 0 Å². The summed E-state index contributed by atoms with van der Waals surface area (Å²) in [4.78, 5) is 17.6. The minimum atomic E-state index is -0.532. The van der Waals surface area contributed by atoms with Gasteiger partial charge in [-0.15, -0.1) is 0 Å². The Morgan fingerprint density at radius 1 is 1.11 bits per heavy atom. The van der Waals surface area contributed by atoms with Crippen molar-refractivity contribution >= 4 is 5.91 Å². The number of rotatable bonds is 4. The van der Waals surface area contributed by atoms with Crippen molar-refractivity contribution in [1.82, 2.24) is 19.6 Å². The maximum absolute atomic E-state index is 13.2. The summed E-state index contributed by atoms with van der Waals surface area (Å²) in [6, 6.07) is 8.03. The first-order valence-electron chi connectivity index (χ1n) is 9.65. The van der Waals surface area contributed by atoms with Gasteiger partial charge in [-0.25, -0.2) is 0 Å². The van der Waals surface area contributed by atoms with Crippen LogP contribution in [0.5, 0.6) is 11.5 Å². The number of benzene rings is 1. The highest BCUT2D eigenvalue weighted by atomic mass is 16.7. The Labute approximate surface area is 158 Å². The largest absolute Gasteiger partial charge is 0.454 e. The quantitative estimate of drug-likeness (QED) is 0.824. The number of hydrogen-bond donors (Lipinski definition) is 0. The van der Waals surface area contributed by atoms with Gasteiger partial charge in [-0.2, -0.15) is 5.10 Å². The predicted molar refractivity (Wildman–Crippen MR) is 98.5 cm³/mol. The fourth-order valence-corrected chi connectivity index (χ4v) is 4.26. The van der Waals surface area contributed by atoms with E-state index >= 15 is 0 Å². The molecule has 2 aromatic rings. The van der Waals surface area contributed by atoms with Crippen LogP contribution in [0.1, 0.15) is 24.8 Å². The summed E-state index contributed by atoms with van der Waals surface area (Å²) < 4.78 is 12.8. The summed E-state index contributed by atoms with van der Waals surface area (Å²) in [5.74, 6) is 1.87. The average molecular weight is 368 g/mol. The molecule has 4 heterocycles. The highest BCUT2D eigenvalue weighted by molar-refractivity contribution is 5.85. The first kappa shape index (κ1) is 16.6. The predicted octanol–water partition coefficient (Wildman–Crippen LogP) is 1.84. The van der Waals surface area contributed by atoms with Crippen LogP contribution in [0.25, 0.3) is 0 Å². The van der Waals surface area contributed by atoms with Gasteiger partial charge in [-0.3, -0.25) is 14.4 Å². The van der Waals surface area contributed by atoms with Crippen LogP contribution in [0.4, 0.5) is 0 Å². The fourth-order valence-electron chi connectivity index (χ4n) is 4.26. The van der Waals surface area contributed by atoms with Gasteiger partial charge in [-0.05, 0) is 43.0 Å². The molecular weight excluding hydrogens is 344 g/mol. The average Bonchev–Trinajstić information content (AvgIpc) is 3.32. The molecule has 0 saturated carbocycles. The molecule has 7 heteroatoms. The molecule has 3 aliphatic heterocycles. The third kappa shape index (κ3) is 2.86. The number of fused-ring (bicyclic) bond motifs is 1. The van der Waals surface area contributed by atoms with Crippen LogP contribution in [-0.2, 0) is 16.9 Å².